The van der Waals surface area contributed by atoms with Crippen molar-refractivity contribution in [2.24, 2.45) is 0 Å². The zero-order chi connectivity index (χ0) is 18.1. The smallest absolute Gasteiger partial charge is 0.247 e. The SMILES string of the molecule is O=C1C[C@H](SCCc2nc3ccccc3[nH]2)C(=O)N1c1ccc(F)cc1. The van der Waals surface area contributed by atoms with Gasteiger partial charge in [-0.15, -0.1) is 11.8 Å². The maximum atomic E-state index is 13.0. The van der Waals surface area contributed by atoms with Crippen LogP contribution in [0.5, 0.6) is 0 Å². The van der Waals surface area contributed by atoms with Gasteiger partial charge in [0.25, 0.3) is 0 Å². The van der Waals surface area contributed by atoms with Crippen molar-refractivity contribution in [2.75, 3.05) is 10.7 Å². The molecule has 1 aliphatic rings. The molecule has 1 aliphatic heterocycles. The first-order chi connectivity index (χ1) is 12.6. The van der Waals surface area contributed by atoms with Crippen LogP contribution in [-0.2, 0) is 16.0 Å². The second-order valence-electron chi connectivity index (χ2n) is 6.06. The highest BCUT2D eigenvalue weighted by Gasteiger charge is 2.39. The highest BCUT2D eigenvalue weighted by molar-refractivity contribution is 8.00. The van der Waals surface area contributed by atoms with Crippen LogP contribution in [0, 0.1) is 5.82 Å². The average molecular weight is 369 g/mol. The summed E-state index contributed by atoms with van der Waals surface area (Å²) in [6.07, 6.45) is 0.856. The summed E-state index contributed by atoms with van der Waals surface area (Å²) in [5, 5.41) is -0.406. The number of rotatable bonds is 5. The fraction of sp³-hybridized carbons (Fsp3) is 0.211. The highest BCUT2D eigenvalue weighted by atomic mass is 32.2. The predicted octanol–water partition coefficient (Wildman–Crippen LogP) is 3.31. The molecule has 0 radical (unpaired) electrons. The first kappa shape index (κ1) is 16.8. The minimum atomic E-state index is -0.406. The fourth-order valence-corrected chi connectivity index (χ4v) is 4.12. The van der Waals surface area contributed by atoms with Gasteiger partial charge in [0.2, 0.25) is 11.8 Å². The Balaban J connectivity index is 1.38. The third-order valence-corrected chi connectivity index (χ3v) is 5.50. The van der Waals surface area contributed by atoms with Crippen LogP contribution in [0.3, 0.4) is 0 Å². The van der Waals surface area contributed by atoms with E-state index < -0.39 is 11.1 Å². The lowest BCUT2D eigenvalue weighted by atomic mass is 10.3. The van der Waals surface area contributed by atoms with Crippen LogP contribution < -0.4 is 4.90 Å². The summed E-state index contributed by atoms with van der Waals surface area (Å²) in [6, 6.07) is 13.2. The summed E-state index contributed by atoms with van der Waals surface area (Å²) in [5.74, 6) is 0.662. The Hall–Kier alpha value is -2.67. The van der Waals surface area contributed by atoms with Gasteiger partial charge in [-0.3, -0.25) is 9.59 Å². The van der Waals surface area contributed by atoms with E-state index in [9.17, 15) is 14.0 Å². The third-order valence-electron chi connectivity index (χ3n) is 4.29. The number of carbonyl (C=O) groups excluding carboxylic acids is 2. The molecule has 5 nitrogen and oxygen atoms in total. The summed E-state index contributed by atoms with van der Waals surface area (Å²) in [4.78, 5) is 33.7. The maximum Gasteiger partial charge on any atom is 0.247 e. The van der Waals surface area contributed by atoms with Crippen LogP contribution in [0.2, 0.25) is 0 Å². The van der Waals surface area contributed by atoms with Gasteiger partial charge in [0.15, 0.2) is 0 Å². The van der Waals surface area contributed by atoms with Crippen LogP contribution in [0.1, 0.15) is 12.2 Å². The first-order valence-corrected chi connectivity index (χ1v) is 9.34. The molecule has 3 aromatic rings. The molecule has 0 bridgehead atoms. The number of aromatic nitrogens is 2. The number of anilines is 1. The van der Waals surface area contributed by atoms with Crippen LogP contribution in [0.15, 0.2) is 48.5 Å². The molecule has 4 rings (SSSR count). The molecule has 26 heavy (non-hydrogen) atoms. The van der Waals surface area contributed by atoms with E-state index >= 15 is 0 Å². The molecule has 0 saturated carbocycles. The number of para-hydroxylation sites is 2. The molecule has 1 aromatic heterocycles. The molecule has 2 aromatic carbocycles. The Labute approximate surface area is 153 Å². The number of aryl methyl sites for hydroxylation is 1. The molecular formula is C19H16FN3O2S. The summed E-state index contributed by atoms with van der Waals surface area (Å²) in [7, 11) is 0. The van der Waals surface area contributed by atoms with Gasteiger partial charge < -0.3 is 4.98 Å². The van der Waals surface area contributed by atoms with Gasteiger partial charge in [-0.2, -0.15) is 0 Å². The van der Waals surface area contributed by atoms with Crippen molar-refractivity contribution in [1.29, 1.82) is 0 Å². The van der Waals surface area contributed by atoms with E-state index in [0.29, 0.717) is 17.9 Å². The Kier molecular flexibility index (Phi) is 4.46. The minimum absolute atomic E-state index is 0.168. The lowest BCUT2D eigenvalue weighted by Crippen LogP contribution is -2.31. The normalized spacial score (nSPS) is 17.4. The zero-order valence-electron chi connectivity index (χ0n) is 13.8. The van der Waals surface area contributed by atoms with Gasteiger partial charge in [-0.25, -0.2) is 14.3 Å². The van der Waals surface area contributed by atoms with E-state index in [0.717, 1.165) is 21.8 Å². The molecule has 7 heteroatoms. The summed E-state index contributed by atoms with van der Waals surface area (Å²) < 4.78 is 13.0. The first-order valence-electron chi connectivity index (χ1n) is 8.29. The van der Waals surface area contributed by atoms with E-state index in [1.54, 1.807) is 0 Å². The van der Waals surface area contributed by atoms with Crippen molar-refractivity contribution < 1.29 is 14.0 Å². The van der Waals surface area contributed by atoms with Crippen molar-refractivity contribution >= 4 is 40.3 Å². The van der Waals surface area contributed by atoms with Crippen LogP contribution in [0.4, 0.5) is 10.1 Å². The number of fused-ring (bicyclic) bond motifs is 1. The summed E-state index contributed by atoms with van der Waals surface area (Å²) >= 11 is 1.46. The number of hydrogen-bond acceptors (Lipinski definition) is 4. The van der Waals surface area contributed by atoms with Crippen LogP contribution >= 0.6 is 11.8 Å². The van der Waals surface area contributed by atoms with Crippen molar-refractivity contribution in [3.05, 3.63) is 60.2 Å². The molecule has 0 unspecified atom stereocenters. The van der Waals surface area contributed by atoms with E-state index in [1.807, 2.05) is 24.3 Å². The number of H-pyrrole nitrogens is 1. The predicted molar refractivity (Wildman–Crippen MR) is 99.6 cm³/mol. The molecular weight excluding hydrogens is 353 g/mol. The fourth-order valence-electron chi connectivity index (χ4n) is 3.02. The second kappa shape index (κ2) is 6.92. The van der Waals surface area contributed by atoms with Crippen molar-refractivity contribution in [3.63, 3.8) is 0 Å². The van der Waals surface area contributed by atoms with Crippen LogP contribution in [0.25, 0.3) is 11.0 Å². The second-order valence-corrected chi connectivity index (χ2v) is 7.37. The van der Waals surface area contributed by atoms with E-state index in [2.05, 4.69) is 9.97 Å². The van der Waals surface area contributed by atoms with Gasteiger partial charge >= 0.3 is 0 Å². The number of aromatic amines is 1. The molecule has 0 aliphatic carbocycles. The number of thioether (sulfide) groups is 1. The Morgan fingerprint density at radius 2 is 1.92 bits per heavy atom. The Bertz CT molecular complexity index is 937. The molecule has 1 N–H and O–H groups in total. The molecule has 2 amide bonds. The monoisotopic (exact) mass is 369 g/mol. The average Bonchev–Trinajstić information content (AvgIpc) is 3.17. The van der Waals surface area contributed by atoms with E-state index in [-0.39, 0.29) is 18.2 Å². The number of carbonyl (C=O) groups is 2. The van der Waals surface area contributed by atoms with Gasteiger partial charge in [-0.1, -0.05) is 12.1 Å². The Morgan fingerprint density at radius 1 is 1.15 bits per heavy atom. The number of nitrogens with one attached hydrogen (secondary N) is 1. The number of nitrogens with zero attached hydrogens (tertiary/aromatic N) is 2. The molecule has 2 heterocycles. The van der Waals surface area contributed by atoms with Crippen molar-refractivity contribution in [2.45, 2.75) is 18.1 Å². The van der Waals surface area contributed by atoms with Gasteiger partial charge in [0, 0.05) is 18.6 Å². The molecule has 1 atom stereocenters. The maximum absolute atomic E-state index is 13.0. The zero-order valence-corrected chi connectivity index (χ0v) is 14.6. The van der Waals surface area contributed by atoms with Crippen molar-refractivity contribution in [3.8, 4) is 0 Å². The quantitative estimate of drug-likeness (QED) is 0.701. The van der Waals surface area contributed by atoms with Gasteiger partial charge in [-0.05, 0) is 36.4 Å². The molecule has 1 fully saturated rings. The third kappa shape index (κ3) is 3.22. The van der Waals surface area contributed by atoms with E-state index in [4.69, 9.17) is 0 Å². The number of imide groups is 1. The van der Waals surface area contributed by atoms with Crippen molar-refractivity contribution in [1.82, 2.24) is 9.97 Å². The Morgan fingerprint density at radius 3 is 2.69 bits per heavy atom. The van der Waals surface area contributed by atoms with E-state index in [1.165, 1.54) is 36.0 Å². The topological polar surface area (TPSA) is 66.1 Å². The lowest BCUT2D eigenvalue weighted by molar-refractivity contribution is -0.121. The number of halogens is 1. The molecule has 132 valence electrons. The number of imidazole rings is 1. The highest BCUT2D eigenvalue weighted by Crippen LogP contribution is 2.30. The van der Waals surface area contributed by atoms with Gasteiger partial charge in [0.05, 0.1) is 22.0 Å². The van der Waals surface area contributed by atoms with Crippen LogP contribution in [-0.4, -0.2) is 32.8 Å². The largest absolute Gasteiger partial charge is 0.342 e. The van der Waals surface area contributed by atoms with Gasteiger partial charge in [0.1, 0.15) is 11.6 Å². The summed E-state index contributed by atoms with van der Waals surface area (Å²) in [6.45, 7) is 0. The summed E-state index contributed by atoms with van der Waals surface area (Å²) in [5.41, 5.74) is 2.32. The standard InChI is InChI=1S/C19H16FN3O2S/c20-12-5-7-13(8-6-12)23-18(24)11-16(19(23)25)26-10-9-17-21-14-3-1-2-4-15(14)22-17/h1-8,16H,9-11H2,(H,21,22)/t16-/m0/s1. The number of amides is 2. The number of hydrogen-bond donors (Lipinski definition) is 1. The molecule has 1 saturated heterocycles. The molecule has 0 spiro atoms. The minimum Gasteiger partial charge on any atom is -0.342 e. The lowest BCUT2D eigenvalue weighted by Gasteiger charge is -2.14. The number of benzene rings is 2.